The van der Waals surface area contributed by atoms with Crippen LogP contribution in [0.2, 0.25) is 0 Å². The number of rotatable bonds is 2. The van der Waals surface area contributed by atoms with E-state index in [4.69, 9.17) is 30.3 Å². The molecule has 3 N–H and O–H groups in total. The van der Waals surface area contributed by atoms with Gasteiger partial charge < -0.3 is 30.3 Å². The minimum absolute atomic E-state index is 0. The first-order valence-corrected chi connectivity index (χ1v) is 2.32. The van der Waals surface area contributed by atoms with Gasteiger partial charge in [-0.15, -0.1) is 0 Å². The molecule has 0 amide bonds. The first-order valence-electron chi connectivity index (χ1n) is 2.32. The average Bonchev–Trinajstić information content (AvgIpc) is 1.85. The summed E-state index contributed by atoms with van der Waals surface area (Å²) in [6.07, 6.45) is -3.29. The van der Waals surface area contributed by atoms with E-state index in [1.165, 1.54) is 0 Å². The Morgan fingerprint density at radius 1 is 1.17 bits per heavy atom. The smallest absolute Gasteiger partial charge is 0.652 e. The van der Waals surface area contributed by atoms with Crippen molar-refractivity contribution in [2.45, 2.75) is 6.10 Å². The van der Waals surface area contributed by atoms with Gasteiger partial charge in [0, 0.05) is 0 Å². The summed E-state index contributed by atoms with van der Waals surface area (Å²) in [6, 6.07) is 0. The molecule has 0 heterocycles. The zero-order valence-electron chi connectivity index (χ0n) is 7.06. The topological polar surface area (TPSA) is 124 Å². The number of hydrogen-bond acceptors (Lipinski definition) is 6. The predicted molar refractivity (Wildman–Crippen MR) is 25.6 cm³/mol. The van der Waals surface area contributed by atoms with Gasteiger partial charge in [0.15, 0.2) is 0 Å². The van der Waals surface area contributed by atoms with E-state index in [9.17, 15) is 0 Å². The maximum Gasteiger partial charge on any atom is 1.00 e. The number of carboxylic acid groups (broad SMARTS) is 2. The summed E-state index contributed by atoms with van der Waals surface area (Å²) in [7, 11) is 0. The van der Waals surface area contributed by atoms with Crippen molar-refractivity contribution < 1.29 is 133 Å². The van der Waals surface area contributed by atoms with E-state index in [1.807, 2.05) is 0 Å². The van der Waals surface area contributed by atoms with Crippen molar-refractivity contribution >= 4 is 6.16 Å². The van der Waals surface area contributed by atoms with E-state index < -0.39 is 12.3 Å². The van der Waals surface area contributed by atoms with Crippen molar-refractivity contribution in [3.63, 3.8) is 0 Å². The second-order valence-corrected chi connectivity index (χ2v) is 1.27. The summed E-state index contributed by atoms with van der Waals surface area (Å²) in [4.78, 5) is 8.33. The van der Waals surface area contributed by atoms with Crippen molar-refractivity contribution in [3.05, 3.63) is 0 Å². The number of aliphatic hydroxyl groups excluding tert-OH is 3. The Balaban J connectivity index is -0.0000000483. The molecule has 0 aromatic heterocycles. The van der Waals surface area contributed by atoms with Crippen molar-refractivity contribution in [2.75, 3.05) is 13.2 Å². The first kappa shape index (κ1) is 23.9. The predicted octanol–water partition coefficient (Wildman–Crippen LogP) is -10.1. The molecule has 0 aliphatic heterocycles. The van der Waals surface area contributed by atoms with Gasteiger partial charge in [0.2, 0.25) is 0 Å². The summed E-state index contributed by atoms with van der Waals surface area (Å²) >= 11 is 0. The van der Waals surface area contributed by atoms with Crippen LogP contribution < -0.4 is 113 Å². The summed E-state index contributed by atoms with van der Waals surface area (Å²) in [5, 5.41) is 40.7. The molecule has 12 heavy (non-hydrogen) atoms. The molecule has 0 aromatic rings. The van der Waals surface area contributed by atoms with E-state index >= 15 is 0 Å². The van der Waals surface area contributed by atoms with Gasteiger partial charge in [-0.25, -0.2) is 0 Å². The quantitative estimate of drug-likeness (QED) is 0.405. The fourth-order valence-corrected chi connectivity index (χ4v) is 0.0577. The van der Waals surface area contributed by atoms with Gasteiger partial charge in [-0.3, -0.25) is 0 Å². The molecule has 0 fully saturated rings. The molecule has 6 nitrogen and oxygen atoms in total. The van der Waals surface area contributed by atoms with Crippen LogP contribution in [0.5, 0.6) is 0 Å². The fraction of sp³-hybridized carbons (Fsp3) is 0.750. The molecule has 0 unspecified atom stereocenters. The van der Waals surface area contributed by atoms with E-state index in [0.29, 0.717) is 0 Å². The van der Waals surface area contributed by atoms with Crippen LogP contribution in [0.25, 0.3) is 0 Å². The van der Waals surface area contributed by atoms with E-state index in [-0.39, 0.29) is 116 Å². The Kier molecular flexibility index (Phi) is 38.0. The van der Waals surface area contributed by atoms with Crippen LogP contribution in [-0.2, 0) is 0 Å². The summed E-state index contributed by atoms with van der Waals surface area (Å²) in [6.45, 7) is -0.729. The Bertz CT molecular complexity index is 81.6. The molecule has 0 saturated heterocycles. The zero-order valence-corrected chi connectivity index (χ0v) is 13.3. The van der Waals surface area contributed by atoms with Gasteiger partial charge in [-0.05, 0) is 6.16 Å². The molecule has 0 rings (SSSR count). The monoisotopic (exact) mass is 230 g/mol. The third-order valence-electron chi connectivity index (χ3n) is 0.421. The van der Waals surface area contributed by atoms with E-state index in [2.05, 4.69) is 0 Å². The molecular formula is C4H8K2O6. The summed E-state index contributed by atoms with van der Waals surface area (Å²) < 4.78 is 0. The molecule has 0 aliphatic carbocycles. The van der Waals surface area contributed by atoms with Crippen LogP contribution in [0.15, 0.2) is 0 Å². The van der Waals surface area contributed by atoms with Crippen molar-refractivity contribution in [3.8, 4) is 0 Å². The van der Waals surface area contributed by atoms with Crippen LogP contribution in [0.3, 0.4) is 0 Å². The minimum Gasteiger partial charge on any atom is -0.652 e. The van der Waals surface area contributed by atoms with Crippen LogP contribution >= 0.6 is 0 Å². The van der Waals surface area contributed by atoms with Crippen LogP contribution in [0.1, 0.15) is 0 Å². The Morgan fingerprint density at radius 3 is 1.33 bits per heavy atom. The van der Waals surface area contributed by atoms with Crippen LogP contribution in [0, 0.1) is 0 Å². The maximum absolute atomic E-state index is 8.33. The van der Waals surface area contributed by atoms with Gasteiger partial charge in [-0.1, -0.05) is 0 Å². The van der Waals surface area contributed by atoms with Crippen molar-refractivity contribution in [1.29, 1.82) is 0 Å². The Labute approximate surface area is 155 Å². The van der Waals surface area contributed by atoms with Crippen LogP contribution in [0.4, 0.5) is 4.79 Å². The normalized spacial score (nSPS) is 7.00. The van der Waals surface area contributed by atoms with Gasteiger partial charge in [0.1, 0.15) is 6.10 Å². The Morgan fingerprint density at radius 2 is 1.33 bits per heavy atom. The molecule has 8 heteroatoms. The van der Waals surface area contributed by atoms with Gasteiger partial charge in [0.05, 0.1) is 13.2 Å². The maximum atomic E-state index is 8.33. The zero-order chi connectivity index (χ0) is 8.57. The molecule has 0 radical (unpaired) electrons. The minimum atomic E-state index is -2.33. The molecule has 0 aliphatic rings. The molecular weight excluding hydrogens is 222 g/mol. The number of carbonyl (C=O) groups is 1. The molecule has 0 bridgehead atoms. The van der Waals surface area contributed by atoms with E-state index in [0.717, 1.165) is 0 Å². The number of aliphatic hydroxyl groups is 3. The summed E-state index contributed by atoms with van der Waals surface area (Å²) in [5.74, 6) is 0. The summed E-state index contributed by atoms with van der Waals surface area (Å²) in [5.41, 5.74) is 0. The largest absolute Gasteiger partial charge is 1.00 e. The third-order valence-corrected chi connectivity index (χ3v) is 0.421. The van der Waals surface area contributed by atoms with Gasteiger partial charge in [0.25, 0.3) is 0 Å². The molecule has 0 saturated carbocycles. The molecule has 0 aromatic carbocycles. The molecule has 0 atom stereocenters. The standard InChI is InChI=1S/C3H8O3.CH2O3.2K/c4-1-3(6)2-5;2-1(3)4;;/h3-6H,1-2H2;(H2,2,3,4);;/q;;2*+1/p-2. The van der Waals surface area contributed by atoms with Gasteiger partial charge in [-0.2, -0.15) is 0 Å². The number of carbonyl (C=O) groups excluding carboxylic acids is 1. The second-order valence-electron chi connectivity index (χ2n) is 1.27. The molecule has 62 valence electrons. The first-order chi connectivity index (χ1) is 4.54. The van der Waals surface area contributed by atoms with Crippen molar-refractivity contribution in [2.24, 2.45) is 0 Å². The van der Waals surface area contributed by atoms with Crippen LogP contribution in [-0.4, -0.2) is 40.8 Å². The average molecular weight is 230 g/mol. The van der Waals surface area contributed by atoms with Crippen molar-refractivity contribution in [1.82, 2.24) is 0 Å². The third kappa shape index (κ3) is 39.3. The molecule has 0 spiro atoms. The van der Waals surface area contributed by atoms with Gasteiger partial charge >= 0.3 is 103 Å². The second kappa shape index (κ2) is 19.1. The fourth-order valence-electron chi connectivity index (χ4n) is 0.0577. The SMILES string of the molecule is O=C([O-])[O-].OCC(O)CO.[K+].[K+]. The number of hydrogen-bond donors (Lipinski definition) is 3. The van der Waals surface area contributed by atoms with E-state index in [1.54, 1.807) is 0 Å². The Hall–Kier alpha value is 2.42.